The number of nitrogens with zero attached hydrogens (tertiary/aromatic N) is 1. The molecule has 0 bridgehead atoms. The molecule has 3 rings (SSSR count). The molecular weight excluding hydrogens is 444 g/mol. The molecular formula is C28H34N2O5. The molecule has 4 amide bonds. The van der Waals surface area contributed by atoms with Gasteiger partial charge in [-0.1, -0.05) is 51.2 Å². The van der Waals surface area contributed by atoms with Crippen molar-refractivity contribution >= 4 is 29.6 Å². The van der Waals surface area contributed by atoms with E-state index in [9.17, 15) is 14.4 Å². The van der Waals surface area contributed by atoms with Gasteiger partial charge in [0.1, 0.15) is 5.57 Å². The zero-order valence-corrected chi connectivity index (χ0v) is 21.0. The Balaban J connectivity index is 1.75. The molecule has 2 aromatic carbocycles. The second-order valence-electron chi connectivity index (χ2n) is 8.75. The maximum absolute atomic E-state index is 13.2. The molecule has 0 unspecified atom stereocenters. The van der Waals surface area contributed by atoms with E-state index < -0.39 is 17.8 Å². The number of methoxy groups -OCH3 is 1. The third-order valence-corrected chi connectivity index (χ3v) is 6.10. The van der Waals surface area contributed by atoms with Crippen LogP contribution in [0.4, 0.5) is 10.5 Å². The quantitative estimate of drug-likeness (QED) is 0.254. The molecule has 1 aliphatic heterocycles. The second-order valence-corrected chi connectivity index (χ2v) is 8.75. The third kappa shape index (κ3) is 6.50. The smallest absolute Gasteiger partial charge is 0.335 e. The fourth-order valence-corrected chi connectivity index (χ4v) is 3.88. The van der Waals surface area contributed by atoms with Crippen molar-refractivity contribution in [3.63, 3.8) is 0 Å². The van der Waals surface area contributed by atoms with Crippen LogP contribution in [0.1, 0.15) is 62.1 Å². The molecule has 7 nitrogen and oxygen atoms in total. The Morgan fingerprint density at radius 2 is 1.63 bits per heavy atom. The highest BCUT2D eigenvalue weighted by Gasteiger charge is 2.36. The molecule has 0 atom stereocenters. The van der Waals surface area contributed by atoms with Crippen molar-refractivity contribution in [3.05, 3.63) is 58.7 Å². The molecule has 1 N–H and O–H groups in total. The molecule has 1 saturated heterocycles. The number of hydrogen-bond donors (Lipinski definition) is 1. The summed E-state index contributed by atoms with van der Waals surface area (Å²) >= 11 is 0. The summed E-state index contributed by atoms with van der Waals surface area (Å²) in [6.07, 6.45) is 8.50. The molecule has 186 valence electrons. The van der Waals surface area contributed by atoms with Crippen molar-refractivity contribution in [2.75, 3.05) is 18.6 Å². The van der Waals surface area contributed by atoms with Crippen molar-refractivity contribution in [2.24, 2.45) is 0 Å². The van der Waals surface area contributed by atoms with Crippen LogP contribution < -0.4 is 19.7 Å². The molecule has 7 heteroatoms. The molecule has 0 aliphatic carbocycles. The highest BCUT2D eigenvalue weighted by Crippen LogP contribution is 2.30. The lowest BCUT2D eigenvalue weighted by molar-refractivity contribution is -0.122. The number of imide groups is 2. The van der Waals surface area contributed by atoms with Gasteiger partial charge < -0.3 is 9.47 Å². The number of carbonyl (C=O) groups is 3. The van der Waals surface area contributed by atoms with Crippen molar-refractivity contribution in [3.8, 4) is 11.5 Å². The topological polar surface area (TPSA) is 84.9 Å². The lowest BCUT2D eigenvalue weighted by Gasteiger charge is -2.26. The van der Waals surface area contributed by atoms with Crippen molar-refractivity contribution in [2.45, 2.75) is 59.3 Å². The van der Waals surface area contributed by atoms with Gasteiger partial charge in [-0.2, -0.15) is 0 Å². The summed E-state index contributed by atoms with van der Waals surface area (Å²) in [4.78, 5) is 39.1. The van der Waals surface area contributed by atoms with Gasteiger partial charge in [-0.3, -0.25) is 14.9 Å². The molecule has 1 fully saturated rings. The van der Waals surface area contributed by atoms with Crippen LogP contribution in [0.5, 0.6) is 11.5 Å². The van der Waals surface area contributed by atoms with Gasteiger partial charge >= 0.3 is 6.03 Å². The predicted molar refractivity (Wildman–Crippen MR) is 137 cm³/mol. The first kappa shape index (κ1) is 26.0. The van der Waals surface area contributed by atoms with Crippen LogP contribution in [0.25, 0.3) is 6.08 Å². The summed E-state index contributed by atoms with van der Waals surface area (Å²) in [5.74, 6) is -0.294. The third-order valence-electron chi connectivity index (χ3n) is 6.10. The maximum Gasteiger partial charge on any atom is 0.335 e. The van der Waals surface area contributed by atoms with E-state index in [1.165, 1.54) is 31.8 Å². The number of barbiturate groups is 1. The minimum absolute atomic E-state index is 0.134. The van der Waals surface area contributed by atoms with E-state index in [0.717, 1.165) is 28.9 Å². The monoisotopic (exact) mass is 478 g/mol. The molecule has 35 heavy (non-hydrogen) atoms. The number of benzene rings is 2. The van der Waals surface area contributed by atoms with Crippen LogP contribution in [0.15, 0.2) is 42.0 Å². The number of unbranched alkanes of at least 4 members (excludes halogenated alkanes) is 5. The van der Waals surface area contributed by atoms with E-state index in [-0.39, 0.29) is 5.57 Å². The van der Waals surface area contributed by atoms with Gasteiger partial charge in [0.25, 0.3) is 11.8 Å². The normalized spacial score (nSPS) is 14.9. The summed E-state index contributed by atoms with van der Waals surface area (Å²) in [5.41, 5.74) is 2.83. The maximum atomic E-state index is 13.2. The molecule has 0 radical (unpaired) electrons. The summed E-state index contributed by atoms with van der Waals surface area (Å²) in [7, 11) is 1.54. The summed E-state index contributed by atoms with van der Waals surface area (Å²) in [5, 5.41) is 2.26. The van der Waals surface area contributed by atoms with E-state index >= 15 is 0 Å². The average Bonchev–Trinajstić information content (AvgIpc) is 2.83. The zero-order valence-electron chi connectivity index (χ0n) is 21.0. The van der Waals surface area contributed by atoms with E-state index in [2.05, 4.69) is 12.2 Å². The number of amides is 4. The Morgan fingerprint density at radius 1 is 0.886 bits per heavy atom. The fraction of sp³-hybridized carbons (Fsp3) is 0.393. The van der Waals surface area contributed by atoms with Gasteiger partial charge in [-0.15, -0.1) is 0 Å². The fourth-order valence-electron chi connectivity index (χ4n) is 3.88. The lowest BCUT2D eigenvalue weighted by Crippen LogP contribution is -2.54. The first-order valence-corrected chi connectivity index (χ1v) is 12.1. The van der Waals surface area contributed by atoms with Gasteiger partial charge in [0.2, 0.25) is 0 Å². The van der Waals surface area contributed by atoms with Gasteiger partial charge in [-0.25, -0.2) is 9.69 Å². The van der Waals surface area contributed by atoms with Gasteiger partial charge in [0.15, 0.2) is 11.5 Å². The van der Waals surface area contributed by atoms with Crippen LogP contribution in [0.2, 0.25) is 0 Å². The Labute approximate surface area is 207 Å². The van der Waals surface area contributed by atoms with Crippen molar-refractivity contribution < 1.29 is 23.9 Å². The number of anilines is 1. The van der Waals surface area contributed by atoms with Gasteiger partial charge in [0.05, 0.1) is 19.4 Å². The first-order valence-electron chi connectivity index (χ1n) is 12.1. The molecule has 1 aliphatic rings. The number of ether oxygens (including phenoxy) is 2. The van der Waals surface area contributed by atoms with Crippen LogP contribution in [-0.4, -0.2) is 31.6 Å². The van der Waals surface area contributed by atoms with Gasteiger partial charge in [-0.05, 0) is 67.3 Å². The minimum Gasteiger partial charge on any atom is -0.493 e. The van der Waals surface area contributed by atoms with Crippen LogP contribution >= 0.6 is 0 Å². The summed E-state index contributed by atoms with van der Waals surface area (Å²) in [6.45, 7) is 6.64. The Kier molecular flexibility index (Phi) is 9.06. The van der Waals surface area contributed by atoms with E-state index in [4.69, 9.17) is 9.47 Å². The molecule has 0 saturated carbocycles. The highest BCUT2D eigenvalue weighted by molar-refractivity contribution is 6.39. The first-order chi connectivity index (χ1) is 16.8. The molecule has 0 aromatic heterocycles. The predicted octanol–water partition coefficient (Wildman–Crippen LogP) is 5.72. The molecule has 1 heterocycles. The number of nitrogens with one attached hydrogen (secondary N) is 1. The average molecular weight is 479 g/mol. The highest BCUT2D eigenvalue weighted by atomic mass is 16.5. The Bertz CT molecular complexity index is 1120. The standard InChI is InChI=1S/C28H34N2O5/c1-5-6-7-8-9-10-15-35-24-14-12-21(18-25(24)34-4)17-23-26(31)29-28(33)30(27(23)32)22-13-11-19(2)20(3)16-22/h11-14,16-18H,5-10,15H2,1-4H3,(H,29,31,33). The SMILES string of the molecule is CCCCCCCCOc1ccc(C=C2C(=O)NC(=O)N(c3ccc(C)c(C)c3)C2=O)cc1OC. The van der Waals surface area contributed by atoms with E-state index in [1.807, 2.05) is 19.9 Å². The van der Waals surface area contributed by atoms with Gasteiger partial charge in [0, 0.05) is 0 Å². The van der Waals surface area contributed by atoms with Crippen molar-refractivity contribution in [1.82, 2.24) is 5.32 Å². The number of carbonyl (C=O) groups excluding carboxylic acids is 3. The lowest BCUT2D eigenvalue weighted by atomic mass is 10.0. The zero-order chi connectivity index (χ0) is 25.4. The number of urea groups is 1. The second kappa shape index (κ2) is 12.2. The minimum atomic E-state index is -0.767. The van der Waals surface area contributed by atoms with Crippen LogP contribution in [0, 0.1) is 13.8 Å². The summed E-state index contributed by atoms with van der Waals surface area (Å²) in [6, 6.07) is 9.73. The van der Waals surface area contributed by atoms with Crippen LogP contribution in [0.3, 0.4) is 0 Å². The summed E-state index contributed by atoms with van der Waals surface area (Å²) < 4.78 is 11.4. The van der Waals surface area contributed by atoms with E-state index in [1.54, 1.807) is 37.4 Å². The largest absolute Gasteiger partial charge is 0.493 e. The number of aryl methyl sites for hydroxylation is 2. The van der Waals surface area contributed by atoms with E-state index in [0.29, 0.717) is 29.4 Å². The number of rotatable bonds is 11. The molecule has 0 spiro atoms. The van der Waals surface area contributed by atoms with Crippen molar-refractivity contribution in [1.29, 1.82) is 0 Å². The Hall–Kier alpha value is -3.61. The number of hydrogen-bond acceptors (Lipinski definition) is 5. The van der Waals surface area contributed by atoms with Crippen LogP contribution in [-0.2, 0) is 9.59 Å². The molecule has 2 aromatic rings. The Morgan fingerprint density at radius 3 is 2.34 bits per heavy atom.